The Morgan fingerprint density at radius 3 is 2.27 bits per heavy atom. The van der Waals surface area contributed by atoms with E-state index in [4.69, 9.17) is 13.7 Å². The van der Waals surface area contributed by atoms with Crippen molar-refractivity contribution in [3.8, 4) is 5.75 Å². The summed E-state index contributed by atoms with van der Waals surface area (Å²) in [6.45, 7) is 0.362. The minimum absolute atomic E-state index is 0.108. The summed E-state index contributed by atoms with van der Waals surface area (Å²) in [6.07, 6.45) is 0.964. The molecule has 0 saturated heterocycles. The molecular weight excluding hydrogens is 410 g/mol. The molecule has 0 saturated carbocycles. The second kappa shape index (κ2) is 11.2. The van der Waals surface area contributed by atoms with Gasteiger partial charge in [0, 0.05) is 6.54 Å². The van der Waals surface area contributed by atoms with Gasteiger partial charge in [0.25, 0.3) is 0 Å². The zero-order valence-electron chi connectivity index (χ0n) is 16.9. The Labute approximate surface area is 176 Å². The van der Waals surface area contributed by atoms with Gasteiger partial charge >= 0.3 is 22.2 Å². The van der Waals surface area contributed by atoms with Crippen molar-refractivity contribution in [3.05, 3.63) is 65.7 Å². The molecule has 30 heavy (non-hydrogen) atoms. The number of carbonyl (C=O) groups is 2. The van der Waals surface area contributed by atoms with E-state index in [1.54, 1.807) is 12.1 Å². The van der Waals surface area contributed by atoms with Crippen LogP contribution in [0.15, 0.2) is 54.6 Å². The first-order valence-electron chi connectivity index (χ1n) is 9.25. The number of rotatable bonds is 10. The van der Waals surface area contributed by atoms with Gasteiger partial charge in [-0.25, -0.2) is 4.79 Å². The van der Waals surface area contributed by atoms with Crippen molar-refractivity contribution in [1.29, 1.82) is 0 Å². The highest BCUT2D eigenvalue weighted by Gasteiger charge is 2.17. The molecule has 0 aliphatic heterocycles. The number of hydrogen-bond acceptors (Lipinski definition) is 7. The first-order chi connectivity index (χ1) is 14.2. The van der Waals surface area contributed by atoms with Crippen molar-refractivity contribution >= 4 is 22.2 Å². The lowest BCUT2D eigenvalue weighted by molar-refractivity contribution is -0.141. The van der Waals surface area contributed by atoms with Crippen LogP contribution in [0.5, 0.6) is 5.75 Å². The standard InChI is InChI=1S/C21H25NO7S/c1-27-20(23)13-18(12-16-8-10-19(11-9-16)29-30(2,25)26)14-22-21(24)28-15-17-6-4-3-5-7-17/h3-11,18H,12-15H2,1-2H3,(H,22,24). The topological polar surface area (TPSA) is 108 Å². The minimum atomic E-state index is -3.60. The molecule has 2 aromatic carbocycles. The van der Waals surface area contributed by atoms with Crippen LogP contribution in [0.2, 0.25) is 0 Å². The van der Waals surface area contributed by atoms with Crippen LogP contribution in [0.4, 0.5) is 4.79 Å². The van der Waals surface area contributed by atoms with E-state index in [0.717, 1.165) is 17.4 Å². The first-order valence-corrected chi connectivity index (χ1v) is 11.1. The van der Waals surface area contributed by atoms with E-state index in [0.29, 0.717) is 6.42 Å². The molecule has 0 aliphatic rings. The number of hydrogen-bond donors (Lipinski definition) is 1. The summed E-state index contributed by atoms with van der Waals surface area (Å²) in [7, 11) is -2.29. The van der Waals surface area contributed by atoms with Gasteiger partial charge in [-0.3, -0.25) is 4.79 Å². The first kappa shape index (κ1) is 23.2. The van der Waals surface area contributed by atoms with E-state index in [1.165, 1.54) is 19.2 Å². The Morgan fingerprint density at radius 1 is 1.00 bits per heavy atom. The Kier molecular flexibility index (Phi) is 8.67. The fourth-order valence-electron chi connectivity index (χ4n) is 2.73. The van der Waals surface area contributed by atoms with Crippen molar-refractivity contribution in [2.75, 3.05) is 19.9 Å². The highest BCUT2D eigenvalue weighted by atomic mass is 32.2. The molecule has 1 atom stereocenters. The molecule has 0 fully saturated rings. The molecule has 0 aliphatic carbocycles. The number of benzene rings is 2. The molecule has 9 heteroatoms. The number of alkyl carbamates (subject to hydrolysis) is 1. The smallest absolute Gasteiger partial charge is 0.407 e. The summed E-state index contributed by atoms with van der Waals surface area (Å²) < 4.78 is 37.1. The van der Waals surface area contributed by atoms with Crippen LogP contribution in [-0.2, 0) is 37.4 Å². The number of nitrogens with one attached hydrogen (secondary N) is 1. The quantitative estimate of drug-likeness (QED) is 0.451. The maximum atomic E-state index is 12.0. The molecule has 8 nitrogen and oxygen atoms in total. The van der Waals surface area contributed by atoms with Crippen molar-refractivity contribution in [1.82, 2.24) is 5.32 Å². The SMILES string of the molecule is COC(=O)CC(CNC(=O)OCc1ccccc1)Cc1ccc(OS(C)(=O)=O)cc1. The maximum absolute atomic E-state index is 12.0. The predicted octanol–water partition coefficient (Wildman–Crippen LogP) is 2.67. The number of methoxy groups -OCH3 is 1. The van der Waals surface area contributed by atoms with Crippen LogP contribution in [0.3, 0.4) is 0 Å². The van der Waals surface area contributed by atoms with Crippen LogP contribution in [-0.4, -0.2) is 40.4 Å². The van der Waals surface area contributed by atoms with Crippen LogP contribution >= 0.6 is 0 Å². The fourth-order valence-corrected chi connectivity index (χ4v) is 3.19. The third-order valence-corrected chi connectivity index (χ3v) is 4.62. The lowest BCUT2D eigenvalue weighted by Crippen LogP contribution is -2.32. The Morgan fingerprint density at radius 2 is 1.67 bits per heavy atom. The monoisotopic (exact) mass is 435 g/mol. The van der Waals surface area contributed by atoms with E-state index in [-0.39, 0.29) is 31.2 Å². The normalized spacial score (nSPS) is 11.9. The summed E-state index contributed by atoms with van der Waals surface area (Å²) in [5.74, 6) is -0.423. The summed E-state index contributed by atoms with van der Waals surface area (Å²) in [4.78, 5) is 23.7. The van der Waals surface area contributed by atoms with E-state index >= 15 is 0 Å². The third kappa shape index (κ3) is 8.95. The van der Waals surface area contributed by atoms with E-state index < -0.39 is 22.2 Å². The second-order valence-corrected chi connectivity index (χ2v) is 8.30. The van der Waals surface area contributed by atoms with Gasteiger partial charge in [0.05, 0.1) is 19.8 Å². The predicted molar refractivity (Wildman–Crippen MR) is 110 cm³/mol. The van der Waals surface area contributed by atoms with Gasteiger partial charge < -0.3 is 19.0 Å². The van der Waals surface area contributed by atoms with Crippen molar-refractivity contribution in [2.24, 2.45) is 5.92 Å². The zero-order chi connectivity index (χ0) is 22.0. The summed E-state index contributed by atoms with van der Waals surface area (Å²) in [5.41, 5.74) is 1.72. The number of esters is 1. The molecule has 0 aromatic heterocycles. The van der Waals surface area contributed by atoms with Gasteiger partial charge in [-0.05, 0) is 35.6 Å². The molecule has 0 radical (unpaired) electrons. The molecule has 1 N–H and O–H groups in total. The van der Waals surface area contributed by atoms with Gasteiger partial charge in [0.2, 0.25) is 0 Å². The van der Waals surface area contributed by atoms with Crippen LogP contribution in [0.25, 0.3) is 0 Å². The highest BCUT2D eigenvalue weighted by Crippen LogP contribution is 2.18. The molecule has 162 valence electrons. The average Bonchev–Trinajstić information content (AvgIpc) is 2.71. The molecule has 2 aromatic rings. The fraction of sp³-hybridized carbons (Fsp3) is 0.333. The van der Waals surface area contributed by atoms with Gasteiger partial charge in [-0.2, -0.15) is 8.42 Å². The Bertz CT molecular complexity index is 928. The largest absolute Gasteiger partial charge is 0.469 e. The van der Waals surface area contributed by atoms with Crippen molar-refractivity contribution in [3.63, 3.8) is 0 Å². The summed E-state index contributed by atoms with van der Waals surface area (Å²) >= 11 is 0. The lowest BCUT2D eigenvalue weighted by Gasteiger charge is -2.17. The molecule has 1 amide bonds. The lowest BCUT2D eigenvalue weighted by atomic mass is 9.96. The number of carbonyl (C=O) groups excluding carboxylic acids is 2. The Hall–Kier alpha value is -3.07. The van der Waals surface area contributed by atoms with Gasteiger partial charge in [0.15, 0.2) is 0 Å². The molecular formula is C21H25NO7S. The van der Waals surface area contributed by atoms with E-state index in [2.05, 4.69) is 5.32 Å². The Balaban J connectivity index is 1.91. The molecule has 0 heterocycles. The second-order valence-electron chi connectivity index (χ2n) is 6.72. The van der Waals surface area contributed by atoms with E-state index in [9.17, 15) is 18.0 Å². The van der Waals surface area contributed by atoms with Gasteiger partial charge in [0.1, 0.15) is 12.4 Å². The number of amides is 1. The van der Waals surface area contributed by atoms with Crippen molar-refractivity contribution < 1.29 is 31.7 Å². The zero-order valence-corrected chi connectivity index (χ0v) is 17.7. The minimum Gasteiger partial charge on any atom is -0.469 e. The van der Waals surface area contributed by atoms with Crippen LogP contribution in [0.1, 0.15) is 17.5 Å². The van der Waals surface area contributed by atoms with Crippen molar-refractivity contribution in [2.45, 2.75) is 19.4 Å². The molecule has 1 unspecified atom stereocenters. The third-order valence-electron chi connectivity index (χ3n) is 4.13. The molecule has 2 rings (SSSR count). The maximum Gasteiger partial charge on any atom is 0.407 e. The van der Waals surface area contributed by atoms with Crippen LogP contribution < -0.4 is 9.50 Å². The number of ether oxygens (including phenoxy) is 2. The average molecular weight is 435 g/mol. The van der Waals surface area contributed by atoms with Gasteiger partial charge in [-0.1, -0.05) is 42.5 Å². The highest BCUT2D eigenvalue weighted by molar-refractivity contribution is 7.86. The van der Waals surface area contributed by atoms with Crippen LogP contribution in [0, 0.1) is 5.92 Å². The summed E-state index contributed by atoms with van der Waals surface area (Å²) in [6, 6.07) is 15.8. The molecule has 0 spiro atoms. The van der Waals surface area contributed by atoms with E-state index in [1.807, 2.05) is 30.3 Å². The van der Waals surface area contributed by atoms with Gasteiger partial charge in [-0.15, -0.1) is 0 Å². The summed E-state index contributed by atoms with van der Waals surface area (Å²) in [5, 5.41) is 2.67. The molecule has 0 bridgehead atoms.